The predicted octanol–water partition coefficient (Wildman–Crippen LogP) is 2.70. The predicted molar refractivity (Wildman–Crippen MR) is 79.5 cm³/mol. The summed E-state index contributed by atoms with van der Waals surface area (Å²) in [5.41, 5.74) is 2.41. The van der Waals surface area contributed by atoms with Gasteiger partial charge in [-0.2, -0.15) is 0 Å². The van der Waals surface area contributed by atoms with Crippen molar-refractivity contribution >= 4 is 11.6 Å². The molecule has 1 aliphatic rings. The van der Waals surface area contributed by atoms with E-state index in [0.29, 0.717) is 12.5 Å². The molecular weight excluding hydrogens is 236 g/mol. The van der Waals surface area contributed by atoms with E-state index in [4.69, 9.17) is 0 Å². The van der Waals surface area contributed by atoms with Gasteiger partial charge in [0.25, 0.3) is 0 Å². The van der Waals surface area contributed by atoms with E-state index in [2.05, 4.69) is 43.9 Å². The van der Waals surface area contributed by atoms with E-state index < -0.39 is 0 Å². The molecule has 1 aromatic carbocycles. The summed E-state index contributed by atoms with van der Waals surface area (Å²) in [6, 6.07) is 8.55. The lowest BCUT2D eigenvalue weighted by atomic mass is 10.1. The third-order valence-electron chi connectivity index (χ3n) is 4.01. The molecule has 3 heteroatoms. The smallest absolute Gasteiger partial charge is 0.228 e. The van der Waals surface area contributed by atoms with Crippen molar-refractivity contribution in [1.82, 2.24) is 4.90 Å². The Balaban J connectivity index is 2.03. The molecule has 0 spiro atoms. The van der Waals surface area contributed by atoms with E-state index in [0.717, 1.165) is 31.7 Å². The maximum Gasteiger partial charge on any atom is 0.228 e. The van der Waals surface area contributed by atoms with Crippen molar-refractivity contribution in [1.29, 1.82) is 0 Å². The Morgan fingerprint density at radius 2 is 2.00 bits per heavy atom. The number of fused-ring (bicyclic) bond motifs is 1. The number of nitrogens with zero attached hydrogens (tertiary/aromatic N) is 2. The minimum Gasteiger partial charge on any atom is -0.309 e. The zero-order chi connectivity index (χ0) is 13.8. The molecule has 0 saturated carbocycles. The number of benzene rings is 1. The summed E-state index contributed by atoms with van der Waals surface area (Å²) in [5.74, 6) is 0.254. The van der Waals surface area contributed by atoms with Gasteiger partial charge in [0.2, 0.25) is 5.91 Å². The molecule has 1 heterocycles. The number of carbonyl (C=O) groups excluding carboxylic acids is 1. The highest BCUT2D eigenvalue weighted by Gasteiger charge is 2.30. The summed E-state index contributed by atoms with van der Waals surface area (Å²) in [6.07, 6.45) is 1.59. The lowest BCUT2D eigenvalue weighted by Gasteiger charge is -2.24. The van der Waals surface area contributed by atoms with Crippen LogP contribution in [0.25, 0.3) is 0 Å². The molecule has 0 aliphatic carbocycles. The fourth-order valence-electron chi connectivity index (χ4n) is 2.86. The Morgan fingerprint density at radius 1 is 1.32 bits per heavy atom. The second-order valence-corrected chi connectivity index (χ2v) is 5.22. The van der Waals surface area contributed by atoms with Gasteiger partial charge in [0.1, 0.15) is 0 Å². The van der Waals surface area contributed by atoms with Crippen molar-refractivity contribution < 1.29 is 4.79 Å². The van der Waals surface area contributed by atoms with Crippen LogP contribution in [0.1, 0.15) is 32.8 Å². The lowest BCUT2D eigenvalue weighted by Crippen LogP contribution is -2.38. The van der Waals surface area contributed by atoms with Crippen LogP contribution >= 0.6 is 0 Å². The summed E-state index contributed by atoms with van der Waals surface area (Å²) >= 11 is 0. The van der Waals surface area contributed by atoms with Crippen molar-refractivity contribution in [3.63, 3.8) is 0 Å². The molecule has 1 amide bonds. The van der Waals surface area contributed by atoms with Gasteiger partial charge in [0, 0.05) is 24.7 Å². The van der Waals surface area contributed by atoms with Crippen LogP contribution in [0.5, 0.6) is 0 Å². The summed E-state index contributed by atoms with van der Waals surface area (Å²) in [4.78, 5) is 16.7. The van der Waals surface area contributed by atoms with E-state index in [-0.39, 0.29) is 5.91 Å². The molecule has 19 heavy (non-hydrogen) atoms. The van der Waals surface area contributed by atoms with Gasteiger partial charge in [-0.05, 0) is 38.1 Å². The van der Waals surface area contributed by atoms with Crippen LogP contribution in [0.15, 0.2) is 24.3 Å². The largest absolute Gasteiger partial charge is 0.309 e. The average molecular weight is 260 g/mol. The number of rotatable bonds is 5. The molecule has 0 fully saturated rings. The molecule has 0 radical (unpaired) electrons. The quantitative estimate of drug-likeness (QED) is 0.812. The maximum atomic E-state index is 12.5. The first-order valence-electron chi connectivity index (χ1n) is 7.29. The summed E-state index contributed by atoms with van der Waals surface area (Å²) in [5, 5.41) is 0. The van der Waals surface area contributed by atoms with Crippen molar-refractivity contribution in [3.8, 4) is 0 Å². The third kappa shape index (κ3) is 2.98. The fourth-order valence-corrected chi connectivity index (χ4v) is 2.86. The van der Waals surface area contributed by atoms with Crippen molar-refractivity contribution in [2.75, 3.05) is 24.5 Å². The first kappa shape index (κ1) is 14.1. The van der Waals surface area contributed by atoms with Crippen LogP contribution in [0.2, 0.25) is 0 Å². The molecule has 0 aromatic heterocycles. The highest BCUT2D eigenvalue weighted by Crippen LogP contribution is 2.32. The van der Waals surface area contributed by atoms with E-state index >= 15 is 0 Å². The number of anilines is 1. The Bertz CT molecular complexity index is 440. The molecule has 0 bridgehead atoms. The van der Waals surface area contributed by atoms with Crippen LogP contribution in [0.4, 0.5) is 5.69 Å². The molecule has 2 rings (SSSR count). The van der Waals surface area contributed by atoms with E-state index in [1.165, 1.54) is 5.56 Å². The number of para-hydroxylation sites is 1. The van der Waals surface area contributed by atoms with Crippen molar-refractivity contribution in [3.05, 3.63) is 29.8 Å². The third-order valence-corrected chi connectivity index (χ3v) is 4.01. The van der Waals surface area contributed by atoms with Gasteiger partial charge < -0.3 is 9.80 Å². The van der Waals surface area contributed by atoms with E-state index in [9.17, 15) is 4.79 Å². The van der Waals surface area contributed by atoms with Gasteiger partial charge in [-0.1, -0.05) is 32.0 Å². The molecule has 3 nitrogen and oxygen atoms in total. The average Bonchev–Trinajstić information content (AvgIpc) is 2.75. The molecular formula is C16H24N2O. The lowest BCUT2D eigenvalue weighted by molar-refractivity contribution is -0.119. The van der Waals surface area contributed by atoms with Crippen molar-refractivity contribution in [2.24, 2.45) is 0 Å². The highest BCUT2D eigenvalue weighted by atomic mass is 16.2. The Labute approximate surface area is 116 Å². The topological polar surface area (TPSA) is 23.6 Å². The van der Waals surface area contributed by atoms with Crippen molar-refractivity contribution in [2.45, 2.75) is 39.7 Å². The van der Waals surface area contributed by atoms with Gasteiger partial charge in [0.05, 0.1) is 0 Å². The maximum absolute atomic E-state index is 12.5. The van der Waals surface area contributed by atoms with Gasteiger partial charge >= 0.3 is 0 Å². The SMILES string of the molecule is CCN(CC)CCC(=O)N1c2ccccc2CC1C. The second-order valence-electron chi connectivity index (χ2n) is 5.22. The Morgan fingerprint density at radius 3 is 2.68 bits per heavy atom. The summed E-state index contributed by atoms with van der Waals surface area (Å²) in [7, 11) is 0. The molecule has 1 atom stereocenters. The molecule has 0 saturated heterocycles. The van der Waals surface area contributed by atoms with Gasteiger partial charge in [0.15, 0.2) is 0 Å². The van der Waals surface area contributed by atoms with E-state index in [1.807, 2.05) is 11.0 Å². The zero-order valence-corrected chi connectivity index (χ0v) is 12.2. The second kappa shape index (κ2) is 6.20. The van der Waals surface area contributed by atoms with Gasteiger partial charge in [-0.3, -0.25) is 4.79 Å². The normalized spacial score (nSPS) is 17.9. The molecule has 104 valence electrons. The van der Waals surface area contributed by atoms with Crippen LogP contribution in [0, 0.1) is 0 Å². The van der Waals surface area contributed by atoms with Gasteiger partial charge in [-0.25, -0.2) is 0 Å². The number of hydrogen-bond donors (Lipinski definition) is 0. The summed E-state index contributed by atoms with van der Waals surface area (Å²) in [6.45, 7) is 9.29. The summed E-state index contributed by atoms with van der Waals surface area (Å²) < 4.78 is 0. The monoisotopic (exact) mass is 260 g/mol. The minimum absolute atomic E-state index is 0.254. The molecule has 1 unspecified atom stereocenters. The first-order valence-corrected chi connectivity index (χ1v) is 7.29. The standard InChI is InChI=1S/C16H24N2O/c1-4-17(5-2)11-10-16(19)18-13(3)12-14-8-6-7-9-15(14)18/h6-9,13H,4-5,10-12H2,1-3H3. The van der Waals surface area contributed by atoms with E-state index in [1.54, 1.807) is 0 Å². The molecule has 0 N–H and O–H groups in total. The Kier molecular flexibility index (Phi) is 4.59. The van der Waals surface area contributed by atoms with Crippen LogP contribution in [-0.4, -0.2) is 36.5 Å². The van der Waals surface area contributed by atoms with Crippen LogP contribution in [-0.2, 0) is 11.2 Å². The molecule has 1 aliphatic heterocycles. The van der Waals surface area contributed by atoms with Gasteiger partial charge in [-0.15, -0.1) is 0 Å². The number of amides is 1. The number of hydrogen-bond acceptors (Lipinski definition) is 2. The van der Waals surface area contributed by atoms with Crippen LogP contribution < -0.4 is 4.90 Å². The number of carbonyl (C=O) groups is 1. The Hall–Kier alpha value is -1.35. The minimum atomic E-state index is 0.254. The molecule has 1 aromatic rings. The fraction of sp³-hybridized carbons (Fsp3) is 0.562. The first-order chi connectivity index (χ1) is 9.17. The van der Waals surface area contributed by atoms with Crippen LogP contribution in [0.3, 0.4) is 0 Å². The highest BCUT2D eigenvalue weighted by molar-refractivity contribution is 5.96. The zero-order valence-electron chi connectivity index (χ0n) is 12.2.